The van der Waals surface area contributed by atoms with E-state index in [1.165, 1.54) is 0 Å². The Kier molecular flexibility index (Phi) is 6.42. The summed E-state index contributed by atoms with van der Waals surface area (Å²) >= 11 is 0. The first-order valence-electron chi connectivity index (χ1n) is 9.25. The second-order valence-corrected chi connectivity index (χ2v) is 6.88. The molecule has 1 fully saturated rings. The van der Waals surface area contributed by atoms with Gasteiger partial charge in [-0.3, -0.25) is 14.7 Å². The number of amides is 1. The van der Waals surface area contributed by atoms with Crippen molar-refractivity contribution in [1.29, 1.82) is 0 Å². The molecule has 0 aliphatic carbocycles. The fourth-order valence-corrected chi connectivity index (χ4v) is 3.35. The summed E-state index contributed by atoms with van der Waals surface area (Å²) in [5.41, 5.74) is 2.54. The van der Waals surface area contributed by atoms with E-state index in [-0.39, 0.29) is 5.91 Å². The van der Waals surface area contributed by atoms with E-state index in [4.69, 9.17) is 9.47 Å². The van der Waals surface area contributed by atoms with Gasteiger partial charge < -0.3 is 14.4 Å². The van der Waals surface area contributed by atoms with Gasteiger partial charge in [-0.05, 0) is 30.7 Å². The number of methoxy groups -OCH3 is 1. The predicted octanol–water partition coefficient (Wildman–Crippen LogP) is 2.55. The number of likely N-dealkylation sites (N-methyl/N-ethyl adjacent to an activating group) is 1. The second kappa shape index (κ2) is 8.97. The lowest BCUT2D eigenvalue weighted by molar-refractivity contribution is 0.0142. The van der Waals surface area contributed by atoms with Crippen LogP contribution in [0.3, 0.4) is 0 Å². The molecule has 0 N–H and O–H groups in total. The second-order valence-electron chi connectivity index (χ2n) is 6.88. The number of pyridine rings is 1. The Hall–Kier alpha value is -2.44. The van der Waals surface area contributed by atoms with Crippen LogP contribution in [-0.2, 0) is 4.74 Å². The van der Waals surface area contributed by atoms with Gasteiger partial charge in [-0.25, -0.2) is 0 Å². The van der Waals surface area contributed by atoms with E-state index in [1.807, 2.05) is 37.4 Å². The van der Waals surface area contributed by atoms with E-state index < -0.39 is 0 Å². The third kappa shape index (κ3) is 4.84. The van der Waals surface area contributed by atoms with Gasteiger partial charge in [0, 0.05) is 50.0 Å². The van der Waals surface area contributed by atoms with Crippen LogP contribution in [0.5, 0.6) is 5.75 Å². The molecule has 27 heavy (non-hydrogen) atoms. The standard InChI is InChI=1S/C21H27N3O3/c1-16(24-7-9-27-10-8-24)15-23(2)21(25)18-6-4-5-17(11-18)19-12-20(26-3)14-22-13-19/h4-6,11-14,16H,7-10,15H2,1-3H3. The number of hydrogen-bond acceptors (Lipinski definition) is 5. The van der Waals surface area contributed by atoms with E-state index >= 15 is 0 Å². The smallest absolute Gasteiger partial charge is 0.253 e. The third-order valence-electron chi connectivity index (χ3n) is 4.95. The molecule has 0 saturated carbocycles. The molecule has 1 aromatic heterocycles. The number of hydrogen-bond donors (Lipinski definition) is 0. The van der Waals surface area contributed by atoms with Gasteiger partial charge in [-0.2, -0.15) is 0 Å². The Balaban J connectivity index is 1.70. The van der Waals surface area contributed by atoms with Crippen molar-refractivity contribution in [2.24, 2.45) is 0 Å². The van der Waals surface area contributed by atoms with E-state index in [1.54, 1.807) is 24.4 Å². The summed E-state index contributed by atoms with van der Waals surface area (Å²) in [4.78, 5) is 21.3. The lowest BCUT2D eigenvalue weighted by Gasteiger charge is -2.34. The van der Waals surface area contributed by atoms with Crippen molar-refractivity contribution in [2.45, 2.75) is 13.0 Å². The van der Waals surface area contributed by atoms with Crippen LogP contribution in [0, 0.1) is 0 Å². The van der Waals surface area contributed by atoms with Crippen LogP contribution in [0.1, 0.15) is 17.3 Å². The van der Waals surface area contributed by atoms with Crippen molar-refractivity contribution < 1.29 is 14.3 Å². The number of ether oxygens (including phenoxy) is 2. The summed E-state index contributed by atoms with van der Waals surface area (Å²) in [6.07, 6.45) is 3.44. The zero-order chi connectivity index (χ0) is 19.2. The highest BCUT2D eigenvalue weighted by Gasteiger charge is 2.21. The highest BCUT2D eigenvalue weighted by molar-refractivity contribution is 5.95. The summed E-state index contributed by atoms with van der Waals surface area (Å²) in [5, 5.41) is 0. The van der Waals surface area contributed by atoms with Crippen LogP contribution in [0.25, 0.3) is 11.1 Å². The number of aromatic nitrogens is 1. The quantitative estimate of drug-likeness (QED) is 0.783. The number of carbonyl (C=O) groups is 1. The van der Waals surface area contributed by atoms with Crippen molar-refractivity contribution >= 4 is 5.91 Å². The van der Waals surface area contributed by atoms with Gasteiger partial charge in [0.25, 0.3) is 5.91 Å². The zero-order valence-electron chi connectivity index (χ0n) is 16.2. The molecule has 144 valence electrons. The maximum atomic E-state index is 12.9. The monoisotopic (exact) mass is 369 g/mol. The van der Waals surface area contributed by atoms with Crippen LogP contribution in [0.4, 0.5) is 0 Å². The van der Waals surface area contributed by atoms with Gasteiger partial charge in [0.1, 0.15) is 5.75 Å². The minimum Gasteiger partial charge on any atom is -0.495 e. The molecule has 1 amide bonds. The molecule has 1 aliphatic heterocycles. The van der Waals surface area contributed by atoms with Gasteiger partial charge in [0.15, 0.2) is 0 Å². The molecule has 6 nitrogen and oxygen atoms in total. The average Bonchev–Trinajstić information content (AvgIpc) is 2.73. The van der Waals surface area contributed by atoms with Crippen molar-refractivity contribution in [1.82, 2.24) is 14.8 Å². The largest absolute Gasteiger partial charge is 0.495 e. The summed E-state index contributed by atoms with van der Waals surface area (Å²) < 4.78 is 10.6. The summed E-state index contributed by atoms with van der Waals surface area (Å²) in [6.45, 7) is 6.21. The molecule has 1 aromatic carbocycles. The SMILES string of the molecule is COc1cncc(-c2cccc(C(=O)N(C)CC(C)N3CCOCC3)c2)c1. The highest BCUT2D eigenvalue weighted by atomic mass is 16.5. The molecular weight excluding hydrogens is 342 g/mol. The normalized spacial score (nSPS) is 16.0. The van der Waals surface area contributed by atoms with Crippen molar-refractivity contribution in [3.8, 4) is 16.9 Å². The minimum absolute atomic E-state index is 0.0211. The Morgan fingerprint density at radius 2 is 2.04 bits per heavy atom. The van der Waals surface area contributed by atoms with Crippen molar-refractivity contribution in [2.75, 3.05) is 47.0 Å². The molecule has 3 rings (SSSR count). The van der Waals surface area contributed by atoms with Gasteiger partial charge in [0.2, 0.25) is 0 Å². The van der Waals surface area contributed by atoms with E-state index in [9.17, 15) is 4.79 Å². The predicted molar refractivity (Wildman–Crippen MR) is 105 cm³/mol. The van der Waals surface area contributed by atoms with E-state index in [0.29, 0.717) is 23.9 Å². The molecule has 6 heteroatoms. The maximum Gasteiger partial charge on any atom is 0.253 e. The first-order chi connectivity index (χ1) is 13.1. The molecule has 1 unspecified atom stereocenters. The summed E-state index contributed by atoms with van der Waals surface area (Å²) in [6, 6.07) is 9.86. The molecule has 0 bridgehead atoms. The van der Waals surface area contributed by atoms with Gasteiger partial charge in [0.05, 0.1) is 26.5 Å². The fraction of sp³-hybridized carbons (Fsp3) is 0.429. The Morgan fingerprint density at radius 1 is 1.26 bits per heavy atom. The first kappa shape index (κ1) is 19.3. The van der Waals surface area contributed by atoms with E-state index in [0.717, 1.165) is 37.4 Å². The Bertz CT molecular complexity index is 775. The van der Waals surface area contributed by atoms with Crippen LogP contribution in [-0.4, -0.2) is 73.7 Å². The van der Waals surface area contributed by atoms with Gasteiger partial charge >= 0.3 is 0 Å². The lowest BCUT2D eigenvalue weighted by Crippen LogP contribution is -2.47. The molecular formula is C21H27N3O3. The molecule has 2 heterocycles. The maximum absolute atomic E-state index is 12.9. The number of morpholine rings is 1. The topological polar surface area (TPSA) is 54.9 Å². The molecule has 2 aromatic rings. The number of rotatable bonds is 6. The van der Waals surface area contributed by atoms with Crippen LogP contribution in [0.15, 0.2) is 42.7 Å². The van der Waals surface area contributed by atoms with Gasteiger partial charge in [-0.1, -0.05) is 12.1 Å². The van der Waals surface area contributed by atoms with Crippen LogP contribution in [0.2, 0.25) is 0 Å². The van der Waals surface area contributed by atoms with Crippen molar-refractivity contribution in [3.05, 3.63) is 48.3 Å². The van der Waals surface area contributed by atoms with Crippen LogP contribution < -0.4 is 4.74 Å². The Morgan fingerprint density at radius 3 is 2.78 bits per heavy atom. The summed E-state index contributed by atoms with van der Waals surface area (Å²) in [5.74, 6) is 0.716. The van der Waals surface area contributed by atoms with E-state index in [2.05, 4.69) is 16.8 Å². The lowest BCUT2D eigenvalue weighted by atomic mass is 10.0. The highest BCUT2D eigenvalue weighted by Crippen LogP contribution is 2.23. The number of benzene rings is 1. The zero-order valence-corrected chi connectivity index (χ0v) is 16.2. The molecule has 1 saturated heterocycles. The number of nitrogens with zero attached hydrogens (tertiary/aromatic N) is 3. The summed E-state index contributed by atoms with van der Waals surface area (Å²) in [7, 11) is 3.48. The number of carbonyl (C=O) groups excluding carboxylic acids is 1. The average molecular weight is 369 g/mol. The fourth-order valence-electron chi connectivity index (χ4n) is 3.35. The molecule has 0 spiro atoms. The molecule has 1 aliphatic rings. The molecule has 0 radical (unpaired) electrons. The van der Waals surface area contributed by atoms with Gasteiger partial charge in [-0.15, -0.1) is 0 Å². The molecule has 1 atom stereocenters. The first-order valence-corrected chi connectivity index (χ1v) is 9.25. The third-order valence-corrected chi connectivity index (χ3v) is 4.95. The van der Waals surface area contributed by atoms with Crippen LogP contribution >= 0.6 is 0 Å². The minimum atomic E-state index is 0.0211. The van der Waals surface area contributed by atoms with Crippen molar-refractivity contribution in [3.63, 3.8) is 0 Å². The Labute approximate surface area is 160 Å².